The van der Waals surface area contributed by atoms with Gasteiger partial charge in [0.15, 0.2) is 5.11 Å². The summed E-state index contributed by atoms with van der Waals surface area (Å²) in [6.45, 7) is 5.20. The van der Waals surface area contributed by atoms with Crippen LogP contribution in [0.25, 0.3) is 6.08 Å². The lowest BCUT2D eigenvalue weighted by molar-refractivity contribution is -0.115. The molecule has 0 saturated carbocycles. The highest BCUT2D eigenvalue weighted by Crippen LogP contribution is 2.30. The minimum atomic E-state index is -0.372. The van der Waals surface area contributed by atoms with Gasteiger partial charge in [0.1, 0.15) is 5.75 Å². The fraction of sp³-hybridized carbons (Fsp3) is 0.194. The van der Waals surface area contributed by atoms with Gasteiger partial charge in [-0.3, -0.25) is 19.8 Å². The molecule has 0 aliphatic carbocycles. The average molecular weight is 605 g/mol. The molecule has 4 aromatic carbocycles. The van der Waals surface area contributed by atoms with E-state index in [1.54, 1.807) is 18.2 Å². The summed E-state index contributed by atoms with van der Waals surface area (Å²) in [7, 11) is 0. The van der Waals surface area contributed by atoms with Crippen molar-refractivity contribution in [1.82, 2.24) is 15.1 Å². The maximum absolute atomic E-state index is 13.7. The first-order valence-electron chi connectivity index (χ1n) is 14.8. The zero-order valence-electron chi connectivity index (χ0n) is 24.7. The maximum atomic E-state index is 13.7. The number of carbonyl (C=O) groups is 2. The lowest BCUT2D eigenvalue weighted by Gasteiger charge is -2.40. The second kappa shape index (κ2) is 15.1. The zero-order chi connectivity index (χ0) is 30.7. The van der Waals surface area contributed by atoms with Gasteiger partial charge >= 0.3 is 0 Å². The average Bonchev–Trinajstić information content (AvgIpc) is 3.06. The Morgan fingerprint density at radius 2 is 1.41 bits per heavy atom. The van der Waals surface area contributed by atoms with E-state index in [4.69, 9.17) is 17.0 Å². The third kappa shape index (κ3) is 7.98. The van der Waals surface area contributed by atoms with Crippen LogP contribution in [0.1, 0.15) is 40.0 Å². The van der Waals surface area contributed by atoms with Crippen LogP contribution in [0.4, 0.5) is 5.69 Å². The fourth-order valence-corrected chi connectivity index (χ4v) is 5.55. The standard InChI is InChI=1S/C36H36N4O3S/c1-2-43-30-20-17-27(18-21-30)19-22-33(41)38-36(44)37-32-16-10-9-15-31(32)35(42)40-25-23-39(24-26-40)34(28-11-5-3-6-12-28)29-13-7-4-8-14-29/h3-22,34H,2,23-26H2,1H3,(H2,37,38,41,44)/b22-19+. The molecule has 0 bridgehead atoms. The van der Waals surface area contributed by atoms with Gasteiger partial charge in [-0.2, -0.15) is 0 Å². The van der Waals surface area contributed by atoms with E-state index in [1.165, 1.54) is 17.2 Å². The van der Waals surface area contributed by atoms with Gasteiger partial charge in [0.25, 0.3) is 5.91 Å². The van der Waals surface area contributed by atoms with Crippen LogP contribution in [-0.4, -0.2) is 59.5 Å². The number of hydrogen-bond donors (Lipinski definition) is 2. The molecule has 2 amide bonds. The number of thiocarbonyl (C=S) groups is 1. The number of benzene rings is 4. The largest absolute Gasteiger partial charge is 0.494 e. The van der Waals surface area contributed by atoms with E-state index in [1.807, 2.05) is 60.4 Å². The Balaban J connectivity index is 1.19. The predicted octanol–water partition coefficient (Wildman–Crippen LogP) is 6.16. The molecule has 0 unspecified atom stereocenters. The van der Waals surface area contributed by atoms with E-state index in [0.29, 0.717) is 30.9 Å². The second-order valence-corrected chi connectivity index (χ2v) is 10.8. The Bertz CT molecular complexity index is 1550. The number of rotatable bonds is 9. The highest BCUT2D eigenvalue weighted by molar-refractivity contribution is 7.80. The summed E-state index contributed by atoms with van der Waals surface area (Å²) in [5.74, 6) is 0.328. The van der Waals surface area contributed by atoms with Crippen molar-refractivity contribution in [3.63, 3.8) is 0 Å². The van der Waals surface area contributed by atoms with Crippen LogP contribution in [-0.2, 0) is 4.79 Å². The Hall–Kier alpha value is -4.79. The van der Waals surface area contributed by atoms with E-state index in [2.05, 4.69) is 64.1 Å². The molecule has 44 heavy (non-hydrogen) atoms. The number of amides is 2. The molecule has 224 valence electrons. The summed E-state index contributed by atoms with van der Waals surface area (Å²) < 4.78 is 5.45. The Kier molecular flexibility index (Phi) is 10.5. The molecule has 1 aliphatic heterocycles. The first kappa shape index (κ1) is 30.7. The quantitative estimate of drug-likeness (QED) is 0.176. The number of hydrogen-bond acceptors (Lipinski definition) is 5. The summed E-state index contributed by atoms with van der Waals surface area (Å²) in [5.41, 5.74) is 4.38. The van der Waals surface area contributed by atoms with Gasteiger partial charge < -0.3 is 15.0 Å². The summed E-state index contributed by atoms with van der Waals surface area (Å²) in [6, 6.07) is 35.8. The van der Waals surface area contributed by atoms with Crippen molar-refractivity contribution in [2.24, 2.45) is 0 Å². The number of anilines is 1. The molecule has 0 spiro atoms. The molecule has 0 atom stereocenters. The Morgan fingerprint density at radius 1 is 0.818 bits per heavy atom. The summed E-state index contributed by atoms with van der Waals surface area (Å²) in [6.07, 6.45) is 3.11. The van der Waals surface area contributed by atoms with Gasteiger partial charge in [-0.1, -0.05) is 84.9 Å². The van der Waals surface area contributed by atoms with Crippen LogP contribution in [0.5, 0.6) is 5.75 Å². The van der Waals surface area contributed by atoms with Gasteiger partial charge in [-0.05, 0) is 66.2 Å². The molecule has 5 rings (SSSR count). The first-order valence-corrected chi connectivity index (χ1v) is 15.2. The third-order valence-electron chi connectivity index (χ3n) is 7.46. The Morgan fingerprint density at radius 3 is 2.02 bits per heavy atom. The van der Waals surface area contributed by atoms with Crippen molar-refractivity contribution in [3.05, 3.63) is 138 Å². The summed E-state index contributed by atoms with van der Waals surface area (Å²) in [5, 5.41) is 5.82. The molecule has 1 fully saturated rings. The smallest absolute Gasteiger partial charge is 0.256 e. The maximum Gasteiger partial charge on any atom is 0.256 e. The van der Waals surface area contributed by atoms with Gasteiger partial charge in [-0.25, -0.2) is 0 Å². The number of ether oxygens (including phenoxy) is 1. The first-order chi connectivity index (χ1) is 21.5. The molecule has 7 nitrogen and oxygen atoms in total. The second-order valence-electron chi connectivity index (χ2n) is 10.4. The van der Waals surface area contributed by atoms with Crippen molar-refractivity contribution in [3.8, 4) is 5.75 Å². The van der Waals surface area contributed by atoms with E-state index in [0.717, 1.165) is 24.4 Å². The number of piperazine rings is 1. The van der Waals surface area contributed by atoms with Crippen molar-refractivity contribution in [2.75, 3.05) is 38.1 Å². The van der Waals surface area contributed by atoms with Gasteiger partial charge in [-0.15, -0.1) is 0 Å². The zero-order valence-corrected chi connectivity index (χ0v) is 25.5. The van der Waals surface area contributed by atoms with Gasteiger partial charge in [0.2, 0.25) is 5.91 Å². The van der Waals surface area contributed by atoms with Crippen LogP contribution in [0.2, 0.25) is 0 Å². The van der Waals surface area contributed by atoms with Crippen LogP contribution in [0, 0.1) is 0 Å². The third-order valence-corrected chi connectivity index (χ3v) is 7.66. The monoisotopic (exact) mass is 604 g/mol. The van der Waals surface area contributed by atoms with Crippen LogP contribution < -0.4 is 15.4 Å². The van der Waals surface area contributed by atoms with E-state index in [-0.39, 0.29) is 23.0 Å². The lowest BCUT2D eigenvalue weighted by atomic mass is 9.96. The predicted molar refractivity (Wildman–Crippen MR) is 180 cm³/mol. The summed E-state index contributed by atoms with van der Waals surface area (Å²) in [4.78, 5) is 30.5. The minimum Gasteiger partial charge on any atom is -0.494 e. The number of para-hydroxylation sites is 1. The van der Waals surface area contributed by atoms with Crippen LogP contribution >= 0.6 is 12.2 Å². The van der Waals surface area contributed by atoms with Crippen molar-refractivity contribution in [2.45, 2.75) is 13.0 Å². The normalized spacial score (nSPS) is 13.5. The molecular formula is C36H36N4O3S. The van der Waals surface area contributed by atoms with E-state index in [9.17, 15) is 9.59 Å². The number of nitrogens with zero attached hydrogens (tertiary/aromatic N) is 2. The molecule has 1 aliphatic rings. The minimum absolute atomic E-state index is 0.0757. The number of nitrogens with one attached hydrogen (secondary N) is 2. The molecule has 0 radical (unpaired) electrons. The van der Waals surface area contributed by atoms with E-state index >= 15 is 0 Å². The van der Waals surface area contributed by atoms with E-state index < -0.39 is 0 Å². The molecule has 4 aromatic rings. The lowest BCUT2D eigenvalue weighted by Crippen LogP contribution is -2.50. The highest BCUT2D eigenvalue weighted by atomic mass is 32.1. The van der Waals surface area contributed by atoms with Crippen molar-refractivity contribution < 1.29 is 14.3 Å². The van der Waals surface area contributed by atoms with Crippen LogP contribution in [0.3, 0.4) is 0 Å². The molecule has 1 heterocycles. The molecule has 0 aromatic heterocycles. The number of carbonyl (C=O) groups excluding carboxylic acids is 2. The fourth-order valence-electron chi connectivity index (χ4n) is 5.34. The van der Waals surface area contributed by atoms with Gasteiger partial charge in [0, 0.05) is 32.3 Å². The SMILES string of the molecule is CCOc1ccc(/C=C/C(=O)NC(=S)Nc2ccccc2C(=O)N2CCN(C(c3ccccc3)c3ccccc3)CC2)cc1. The summed E-state index contributed by atoms with van der Waals surface area (Å²) >= 11 is 5.40. The Labute approximate surface area is 264 Å². The molecule has 1 saturated heterocycles. The van der Waals surface area contributed by atoms with Crippen LogP contribution in [0.15, 0.2) is 115 Å². The molecular weight excluding hydrogens is 568 g/mol. The topological polar surface area (TPSA) is 73.9 Å². The van der Waals surface area contributed by atoms with Crippen molar-refractivity contribution >= 4 is 40.9 Å². The van der Waals surface area contributed by atoms with Crippen molar-refractivity contribution in [1.29, 1.82) is 0 Å². The highest BCUT2D eigenvalue weighted by Gasteiger charge is 2.29. The van der Waals surface area contributed by atoms with Gasteiger partial charge in [0.05, 0.1) is 23.9 Å². The molecule has 8 heteroatoms. The molecule has 2 N–H and O–H groups in total.